The molecule has 0 bridgehead atoms. The molecule has 0 rings (SSSR count). The average molecular weight is 217 g/mol. The molecule has 0 aliphatic rings. The summed E-state index contributed by atoms with van der Waals surface area (Å²) >= 11 is 0. The number of carbonyl (C=O) groups is 1. The average Bonchev–Trinajstić information content (AvgIpc) is 1.59. The van der Waals surface area contributed by atoms with E-state index in [9.17, 15) is 4.79 Å². The molecule has 2 nitrogen and oxygen atoms in total. The number of halogens is 1. The van der Waals surface area contributed by atoms with Gasteiger partial charge in [0.2, 0.25) is 0 Å². The molecule has 0 unspecified atom stereocenters. The van der Waals surface area contributed by atoms with E-state index in [-0.39, 0.29) is 37.5 Å². The molecule has 0 saturated carbocycles. The van der Waals surface area contributed by atoms with Gasteiger partial charge in [-0.25, -0.2) is 6.61 Å². The minimum atomic E-state index is -0.235. The maximum atomic E-state index is 9.67. The summed E-state index contributed by atoms with van der Waals surface area (Å²) in [5.74, 6) is 0. The molecule has 0 aliphatic heterocycles. The Morgan fingerprint density at radius 1 is 1.40 bits per heavy atom. The maximum Gasteiger partial charge on any atom is 0.0291 e. The molecule has 0 spiro atoms. The number of ether oxygens (including phenoxy) is 1. The molecule has 0 N–H and O–H groups in total. The Kier molecular flexibility index (Phi) is 12.6. The molecule has 0 aromatic rings. The minimum absolute atomic E-state index is 0. The van der Waals surface area contributed by atoms with Crippen molar-refractivity contribution in [1.29, 1.82) is 0 Å². The van der Waals surface area contributed by atoms with Crippen LogP contribution in [0.4, 0.5) is 0 Å². The number of carbonyl (C=O) groups excluding carboxylic acids is 1. The zero-order chi connectivity index (χ0) is 6.62. The molecule has 0 saturated heterocycles. The van der Waals surface area contributed by atoms with Gasteiger partial charge in [-0.2, -0.15) is 0 Å². The van der Waals surface area contributed by atoms with Crippen LogP contribution in [0.5, 0.6) is 0 Å². The minimum Gasteiger partial charge on any atom is -0.522 e. The van der Waals surface area contributed by atoms with Crippen LogP contribution in [-0.4, -0.2) is 11.9 Å². The van der Waals surface area contributed by atoms with Crippen LogP contribution in [0.15, 0.2) is 0 Å². The van der Waals surface area contributed by atoms with Crippen LogP contribution >= 0.6 is 12.4 Å². The fourth-order valence-corrected chi connectivity index (χ4v) is 0.232. The van der Waals surface area contributed by atoms with Crippen molar-refractivity contribution in [3.05, 3.63) is 6.61 Å². The van der Waals surface area contributed by atoms with Gasteiger partial charge in [0.05, 0.1) is 0 Å². The van der Waals surface area contributed by atoms with Gasteiger partial charge < -0.3 is 9.53 Å². The van der Waals surface area contributed by atoms with Crippen molar-refractivity contribution in [2.24, 2.45) is 0 Å². The third-order valence-electron chi connectivity index (χ3n) is 0.477. The van der Waals surface area contributed by atoms with E-state index in [4.69, 9.17) is 4.74 Å². The van der Waals surface area contributed by atoms with Crippen molar-refractivity contribution < 1.29 is 29.0 Å². The molecular weight excluding hydrogens is 205 g/mol. The predicted molar refractivity (Wildman–Crippen MR) is 38.5 cm³/mol. The van der Waals surface area contributed by atoms with Crippen LogP contribution in [-0.2, 0) is 29.0 Å². The van der Waals surface area contributed by atoms with Gasteiger partial charge in [0.1, 0.15) is 0 Å². The Labute approximate surface area is 80.9 Å². The Morgan fingerprint density at radius 2 is 1.80 bits per heavy atom. The third-order valence-corrected chi connectivity index (χ3v) is 0.477. The fraction of sp³-hybridized carbons (Fsp3) is 0.667. The fourth-order valence-electron chi connectivity index (χ4n) is 0.232. The van der Waals surface area contributed by atoms with E-state index >= 15 is 0 Å². The van der Waals surface area contributed by atoms with Crippen LogP contribution < -0.4 is 0 Å². The van der Waals surface area contributed by atoms with Crippen LogP contribution in [0.3, 0.4) is 0 Å². The van der Waals surface area contributed by atoms with Gasteiger partial charge in [-0.1, -0.05) is 0 Å². The first-order chi connectivity index (χ1) is 3.56. The second-order valence-corrected chi connectivity index (χ2v) is 2.50. The molecule has 0 fully saturated rings. The van der Waals surface area contributed by atoms with Crippen molar-refractivity contribution >= 4 is 18.7 Å². The monoisotopic (exact) mass is 215 g/mol. The van der Waals surface area contributed by atoms with Gasteiger partial charge in [0.25, 0.3) is 0 Å². The van der Waals surface area contributed by atoms with Crippen LogP contribution in [0.2, 0.25) is 0 Å². The van der Waals surface area contributed by atoms with E-state index < -0.39 is 0 Å². The van der Waals surface area contributed by atoms with Crippen molar-refractivity contribution in [3.63, 3.8) is 0 Å². The van der Waals surface area contributed by atoms with Crippen molar-refractivity contribution in [3.8, 4) is 0 Å². The van der Waals surface area contributed by atoms with E-state index in [0.717, 1.165) is 6.61 Å². The molecule has 10 heavy (non-hydrogen) atoms. The Bertz CT molecular complexity index is 80.3. The normalized spacial score (nSPS) is 8.70. The zero-order valence-electron chi connectivity index (χ0n) is 6.59. The molecule has 58 valence electrons. The summed E-state index contributed by atoms with van der Waals surface area (Å²) in [6, 6.07) is 0. The zero-order valence-corrected chi connectivity index (χ0v) is 10.4. The van der Waals surface area contributed by atoms with E-state index in [1.807, 2.05) is 20.8 Å². The first kappa shape index (κ1) is 16.8. The Balaban J connectivity index is -0.000000245. The van der Waals surface area contributed by atoms with Gasteiger partial charge in [-0.15, -0.1) is 12.4 Å². The number of rotatable bonds is 2. The summed E-state index contributed by atoms with van der Waals surface area (Å²) in [6.07, 6.45) is 0.630. The van der Waals surface area contributed by atoms with Gasteiger partial charge >= 0.3 is 0 Å². The Morgan fingerprint density at radius 3 is 1.90 bits per heavy atom. The van der Waals surface area contributed by atoms with E-state index in [0.29, 0.717) is 6.29 Å². The van der Waals surface area contributed by atoms with Crippen LogP contribution in [0.25, 0.3) is 0 Å². The number of aldehydes is 1. The van der Waals surface area contributed by atoms with Crippen molar-refractivity contribution in [2.75, 3.05) is 0 Å². The van der Waals surface area contributed by atoms with E-state index in [1.165, 1.54) is 0 Å². The second kappa shape index (κ2) is 7.52. The van der Waals surface area contributed by atoms with Crippen molar-refractivity contribution in [2.45, 2.75) is 26.4 Å². The molecule has 0 heterocycles. The van der Waals surface area contributed by atoms with E-state index in [2.05, 4.69) is 0 Å². The topological polar surface area (TPSA) is 26.3 Å². The molecule has 0 radical (unpaired) electrons. The molecule has 4 heteroatoms. The quantitative estimate of drug-likeness (QED) is 0.398. The number of hydrogen-bond acceptors (Lipinski definition) is 2. The first-order valence-electron chi connectivity index (χ1n) is 2.51. The van der Waals surface area contributed by atoms with Crippen LogP contribution in [0.1, 0.15) is 20.8 Å². The molecular formula is C6H12ClO2Zn-. The molecule has 0 aromatic carbocycles. The van der Waals surface area contributed by atoms with Gasteiger partial charge in [-0.05, 0) is 20.8 Å². The SMILES string of the molecule is CC(C)(C)O[CH-]C=O.Cl.[Zn]. The second-order valence-electron chi connectivity index (χ2n) is 2.50. The Hall–Kier alpha value is 0.413. The van der Waals surface area contributed by atoms with Crippen LogP contribution in [0, 0.1) is 6.61 Å². The van der Waals surface area contributed by atoms with Gasteiger partial charge in [-0.3, -0.25) is 0 Å². The smallest absolute Gasteiger partial charge is 0.0291 e. The molecule has 0 amide bonds. The molecule has 0 aliphatic carbocycles. The summed E-state index contributed by atoms with van der Waals surface area (Å²) in [7, 11) is 0. The molecule has 0 aromatic heterocycles. The van der Waals surface area contributed by atoms with Gasteiger partial charge in [0, 0.05) is 31.4 Å². The summed E-state index contributed by atoms with van der Waals surface area (Å²) in [4.78, 5) is 9.67. The number of hydrogen-bond donors (Lipinski definition) is 0. The predicted octanol–water partition coefficient (Wildman–Crippen LogP) is 1.58. The van der Waals surface area contributed by atoms with E-state index in [1.54, 1.807) is 0 Å². The standard InChI is InChI=1S/C6H11O2.ClH.Zn/c1-6(2,3)8-5-4-7;;/h4-5H,1-3H3;1H;/q-1;;. The first-order valence-corrected chi connectivity index (χ1v) is 2.51. The summed E-state index contributed by atoms with van der Waals surface area (Å²) in [6.45, 7) is 6.80. The maximum absolute atomic E-state index is 9.67. The summed E-state index contributed by atoms with van der Waals surface area (Å²) in [5.41, 5.74) is -0.235. The molecule has 0 atom stereocenters. The van der Waals surface area contributed by atoms with Crippen molar-refractivity contribution in [1.82, 2.24) is 0 Å². The summed E-state index contributed by atoms with van der Waals surface area (Å²) < 4.78 is 4.89. The largest absolute Gasteiger partial charge is 0.522 e. The summed E-state index contributed by atoms with van der Waals surface area (Å²) in [5, 5.41) is 0. The third kappa shape index (κ3) is 15.8. The van der Waals surface area contributed by atoms with Gasteiger partial charge in [0.15, 0.2) is 0 Å².